The van der Waals surface area contributed by atoms with Crippen molar-refractivity contribution < 1.29 is 32.9 Å². The number of carbonyl (C=O) groups excluding carboxylic acids is 1. The van der Waals surface area contributed by atoms with Gasteiger partial charge in [0.05, 0.1) is 39.9 Å². The number of nitrogens with one attached hydrogen (secondary N) is 1. The Balaban J connectivity index is 4.36. The number of hydrogen-bond donors (Lipinski definition) is 3. The molecule has 0 aliphatic heterocycles. The van der Waals surface area contributed by atoms with Crippen molar-refractivity contribution in [1.82, 2.24) is 5.32 Å². The Bertz CT molecular complexity index is 1000. The molecule has 58 heavy (non-hydrogen) atoms. The smallest absolute Gasteiger partial charge is 0.387 e. The Hall–Kier alpha value is -1.02. The summed E-state index contributed by atoms with van der Waals surface area (Å²) >= 11 is 0. The molecule has 0 fully saturated rings. The minimum atomic E-state index is -4.34. The number of aliphatic hydroxyl groups is 1. The summed E-state index contributed by atoms with van der Waals surface area (Å²) in [6.07, 6.45) is 49.7. The van der Waals surface area contributed by atoms with Gasteiger partial charge < -0.3 is 19.8 Å². The number of nitrogens with zero attached hydrogens (tertiary/aromatic N) is 1. The van der Waals surface area contributed by atoms with Crippen LogP contribution in [0.4, 0.5) is 0 Å². The molecule has 0 aromatic carbocycles. The molecule has 0 radical (unpaired) electrons. The third-order valence-electron chi connectivity index (χ3n) is 11.2. The topological polar surface area (TPSA) is 105 Å². The van der Waals surface area contributed by atoms with E-state index in [1.54, 1.807) is 6.08 Å². The molecule has 0 aromatic rings. The molecule has 8 nitrogen and oxygen atoms in total. The van der Waals surface area contributed by atoms with Crippen LogP contribution in [0.2, 0.25) is 0 Å². The van der Waals surface area contributed by atoms with E-state index in [1.165, 1.54) is 173 Å². The number of unbranched alkanes of at least 4 members (excludes halogenated alkanes) is 30. The molecule has 1 unspecified atom stereocenters. The van der Waals surface area contributed by atoms with Crippen LogP contribution in [0.3, 0.4) is 0 Å². The maximum absolute atomic E-state index is 12.9. The molecule has 0 aliphatic rings. The zero-order valence-electron chi connectivity index (χ0n) is 39.0. The van der Waals surface area contributed by atoms with E-state index in [2.05, 4.69) is 31.3 Å². The minimum absolute atomic E-state index is 0.0585. The first-order chi connectivity index (χ1) is 28.0. The number of rotatable bonds is 45. The quantitative estimate of drug-likeness (QED) is 0.0244. The number of quaternary nitrogens is 1. The highest BCUT2D eigenvalue weighted by Gasteiger charge is 2.27. The molecule has 0 saturated carbocycles. The lowest BCUT2D eigenvalue weighted by molar-refractivity contribution is -0.870. The highest BCUT2D eigenvalue weighted by molar-refractivity contribution is 7.47. The van der Waals surface area contributed by atoms with Crippen molar-refractivity contribution in [2.24, 2.45) is 0 Å². The fraction of sp³-hybridized carbons (Fsp3) is 0.898. The average Bonchev–Trinajstić information content (AvgIpc) is 3.17. The number of allylic oxidation sites excluding steroid dienone is 3. The van der Waals surface area contributed by atoms with Crippen molar-refractivity contribution in [3.05, 3.63) is 24.3 Å². The number of phosphoric acid groups is 1. The number of likely N-dealkylation sites (N-methyl/N-ethyl adjacent to an activating group) is 1. The summed E-state index contributed by atoms with van der Waals surface area (Å²) in [6.45, 7) is 4.82. The highest BCUT2D eigenvalue weighted by atomic mass is 31.2. The van der Waals surface area contributed by atoms with Crippen molar-refractivity contribution in [3.8, 4) is 0 Å². The summed E-state index contributed by atoms with van der Waals surface area (Å²) < 4.78 is 23.6. The second-order valence-electron chi connectivity index (χ2n) is 18.2. The lowest BCUT2D eigenvalue weighted by atomic mass is 10.0. The van der Waals surface area contributed by atoms with Crippen LogP contribution in [0.5, 0.6) is 0 Å². The first-order valence-electron chi connectivity index (χ1n) is 24.7. The molecule has 0 saturated heterocycles. The maximum atomic E-state index is 12.9. The van der Waals surface area contributed by atoms with Gasteiger partial charge in [0.2, 0.25) is 5.91 Å². The van der Waals surface area contributed by atoms with E-state index in [0.29, 0.717) is 17.4 Å². The molecule has 344 valence electrons. The van der Waals surface area contributed by atoms with Gasteiger partial charge >= 0.3 is 7.82 Å². The Morgan fingerprint density at radius 3 is 1.38 bits per heavy atom. The average molecular weight is 842 g/mol. The molecular weight excluding hydrogens is 744 g/mol. The molecule has 0 bridgehead atoms. The van der Waals surface area contributed by atoms with Crippen molar-refractivity contribution in [2.75, 3.05) is 40.9 Å². The largest absolute Gasteiger partial charge is 0.472 e. The van der Waals surface area contributed by atoms with Gasteiger partial charge in [0.25, 0.3) is 0 Å². The van der Waals surface area contributed by atoms with E-state index in [9.17, 15) is 19.4 Å². The zero-order valence-corrected chi connectivity index (χ0v) is 39.9. The molecule has 0 rings (SSSR count). The number of phosphoric ester groups is 1. The van der Waals surface area contributed by atoms with Gasteiger partial charge in [0.1, 0.15) is 13.2 Å². The summed E-state index contributed by atoms with van der Waals surface area (Å²) in [4.78, 5) is 23.2. The predicted octanol–water partition coefficient (Wildman–Crippen LogP) is 14.1. The summed E-state index contributed by atoms with van der Waals surface area (Å²) in [5.74, 6) is -0.183. The zero-order chi connectivity index (χ0) is 42.8. The van der Waals surface area contributed by atoms with E-state index < -0.39 is 20.0 Å². The van der Waals surface area contributed by atoms with Crippen LogP contribution < -0.4 is 5.32 Å². The molecular formula is C49H98N2O6P+. The highest BCUT2D eigenvalue weighted by Crippen LogP contribution is 2.43. The van der Waals surface area contributed by atoms with E-state index >= 15 is 0 Å². The monoisotopic (exact) mass is 842 g/mol. The molecule has 0 aromatic heterocycles. The van der Waals surface area contributed by atoms with Crippen molar-refractivity contribution in [3.63, 3.8) is 0 Å². The molecule has 9 heteroatoms. The fourth-order valence-electron chi connectivity index (χ4n) is 7.23. The van der Waals surface area contributed by atoms with Gasteiger partial charge in [-0.2, -0.15) is 0 Å². The van der Waals surface area contributed by atoms with Gasteiger partial charge in [-0.3, -0.25) is 13.8 Å². The van der Waals surface area contributed by atoms with Crippen LogP contribution >= 0.6 is 7.82 Å². The lowest BCUT2D eigenvalue weighted by Gasteiger charge is -2.25. The Kier molecular flexibility index (Phi) is 40.6. The number of hydrogen-bond acceptors (Lipinski definition) is 5. The second-order valence-corrected chi connectivity index (χ2v) is 19.6. The maximum Gasteiger partial charge on any atom is 0.472 e. The van der Waals surface area contributed by atoms with Gasteiger partial charge in [-0.1, -0.05) is 218 Å². The fourth-order valence-corrected chi connectivity index (χ4v) is 7.97. The van der Waals surface area contributed by atoms with Crippen LogP contribution in [0.1, 0.15) is 232 Å². The van der Waals surface area contributed by atoms with Gasteiger partial charge in [-0.05, 0) is 32.1 Å². The van der Waals surface area contributed by atoms with Crippen LogP contribution in [0, 0.1) is 0 Å². The third-order valence-corrected chi connectivity index (χ3v) is 12.2. The number of aliphatic hydroxyl groups excluding tert-OH is 1. The van der Waals surface area contributed by atoms with Crippen LogP contribution in [0.25, 0.3) is 0 Å². The Labute approximate surface area is 360 Å². The van der Waals surface area contributed by atoms with Crippen LogP contribution in [0.15, 0.2) is 24.3 Å². The SMILES string of the molecule is CCCCCCCCCCCCC/C=C/CC/C=C/[C@@H](O)[C@H](COP(=O)(O)OCC[N+](C)(C)C)NC(=O)CCCCCCCCCCCCCCCCCCCCC. The van der Waals surface area contributed by atoms with Crippen LogP contribution in [-0.4, -0.2) is 73.4 Å². The molecule has 3 atom stereocenters. The van der Waals surface area contributed by atoms with Gasteiger partial charge in [0, 0.05) is 6.42 Å². The second kappa shape index (κ2) is 41.3. The molecule has 1 amide bonds. The van der Waals surface area contributed by atoms with Gasteiger partial charge in [-0.15, -0.1) is 0 Å². The normalized spacial score (nSPS) is 14.4. The number of carbonyl (C=O) groups is 1. The van der Waals surface area contributed by atoms with E-state index in [0.717, 1.165) is 38.5 Å². The number of amides is 1. The van der Waals surface area contributed by atoms with E-state index in [1.807, 2.05) is 27.2 Å². The first-order valence-corrected chi connectivity index (χ1v) is 26.2. The molecule has 0 heterocycles. The first kappa shape index (κ1) is 57.0. The van der Waals surface area contributed by atoms with Gasteiger partial charge in [0.15, 0.2) is 0 Å². The van der Waals surface area contributed by atoms with Crippen molar-refractivity contribution >= 4 is 13.7 Å². The summed E-state index contributed by atoms with van der Waals surface area (Å²) in [7, 11) is 1.56. The standard InChI is InChI=1S/C49H97N2O6P/c1-6-8-10-12-14-16-18-20-22-24-25-27-29-31-33-35-37-39-41-43-49(53)50-47(46-57-58(54,55)56-45-44-51(3,4)5)48(52)42-40-38-36-34-32-30-28-26-23-21-19-17-15-13-11-9-7-2/h32,34,40,42,47-48,52H,6-31,33,35-39,41,43-46H2,1-5H3,(H-,50,53,54,55)/p+1/b34-32+,42-40+/t47-,48+/m0/s1. The molecule has 0 spiro atoms. The summed E-state index contributed by atoms with van der Waals surface area (Å²) in [5.41, 5.74) is 0. The molecule has 3 N–H and O–H groups in total. The predicted molar refractivity (Wildman–Crippen MR) is 249 cm³/mol. The van der Waals surface area contributed by atoms with E-state index in [-0.39, 0.29) is 19.1 Å². The molecule has 0 aliphatic carbocycles. The summed E-state index contributed by atoms with van der Waals surface area (Å²) in [6, 6.07) is -0.858. The Morgan fingerprint density at radius 2 is 0.948 bits per heavy atom. The van der Waals surface area contributed by atoms with Crippen molar-refractivity contribution in [2.45, 2.75) is 244 Å². The summed E-state index contributed by atoms with van der Waals surface area (Å²) in [5, 5.41) is 13.8. The minimum Gasteiger partial charge on any atom is -0.387 e. The van der Waals surface area contributed by atoms with E-state index in [4.69, 9.17) is 9.05 Å². The lowest BCUT2D eigenvalue weighted by Crippen LogP contribution is -2.45. The van der Waals surface area contributed by atoms with Crippen molar-refractivity contribution in [1.29, 1.82) is 0 Å². The van der Waals surface area contributed by atoms with Gasteiger partial charge in [-0.25, -0.2) is 4.57 Å². The van der Waals surface area contributed by atoms with Crippen LogP contribution in [-0.2, 0) is 18.4 Å². The third kappa shape index (κ3) is 43.1. The Morgan fingerprint density at radius 1 is 0.569 bits per heavy atom.